The van der Waals surface area contributed by atoms with Gasteiger partial charge >= 0.3 is 51.4 Å². The van der Waals surface area contributed by atoms with Gasteiger partial charge in [0.05, 0.1) is 0 Å². The van der Waals surface area contributed by atoms with Crippen LogP contribution in [0, 0.1) is 17.5 Å². The summed E-state index contributed by atoms with van der Waals surface area (Å²) < 4.78 is 16.2. The number of anilines is 1. The van der Waals surface area contributed by atoms with E-state index in [1.807, 2.05) is 57.2 Å². The van der Waals surface area contributed by atoms with Gasteiger partial charge in [0.2, 0.25) is 0 Å². The largest absolute Gasteiger partial charge is 1.00 e. The minimum atomic E-state index is -2.25. The number of rotatable bonds is 19. The predicted octanol–water partition coefficient (Wildman–Crippen LogP) is 5.63. The van der Waals surface area contributed by atoms with Crippen LogP contribution in [0.2, 0.25) is 0 Å². The zero-order chi connectivity index (χ0) is 31.5. The Balaban J connectivity index is 0. The summed E-state index contributed by atoms with van der Waals surface area (Å²) in [6.45, 7) is 25.3. The first-order chi connectivity index (χ1) is 19.2. The number of allylic oxidation sites excluding steroid dienone is 4. The molecule has 1 rings (SSSR count). The van der Waals surface area contributed by atoms with Crippen molar-refractivity contribution in [3.05, 3.63) is 85.7 Å². The van der Waals surface area contributed by atoms with E-state index in [0.29, 0.717) is 12.6 Å². The van der Waals surface area contributed by atoms with Crippen molar-refractivity contribution in [3.8, 4) is 0 Å². The van der Waals surface area contributed by atoms with E-state index in [9.17, 15) is 9.59 Å². The topological polar surface area (TPSA) is 70.2 Å². The summed E-state index contributed by atoms with van der Waals surface area (Å²) >= 11 is 0. The Bertz CT molecular complexity index is 983. The summed E-state index contributed by atoms with van der Waals surface area (Å²) in [5.74, 6) is -2.91. The van der Waals surface area contributed by atoms with Crippen LogP contribution in [-0.2, 0) is 16.0 Å². The summed E-state index contributed by atoms with van der Waals surface area (Å²) in [7, 11) is 0. The number of halogens is 1. The SMILES string of the molecule is C=C/C=C\C(=C)NCCCCCC(=O)C(F)(CC(C)C)N[C-](CC(C)=O)Nc1ccc(CC(C)(C)C)cc1.C=CC.[K+]. The van der Waals surface area contributed by atoms with Gasteiger partial charge in [-0.05, 0) is 68.2 Å². The van der Waals surface area contributed by atoms with Crippen LogP contribution in [0.5, 0.6) is 0 Å². The van der Waals surface area contributed by atoms with Gasteiger partial charge in [-0.15, -0.1) is 6.58 Å². The average Bonchev–Trinajstić information content (AvgIpc) is 2.84. The van der Waals surface area contributed by atoms with Gasteiger partial charge in [-0.25, -0.2) is 4.39 Å². The number of Topliss-reactive ketones (excluding diaryl/α,β-unsaturated/α-hetero) is 2. The number of benzene rings is 1. The number of hydrogen-bond donors (Lipinski definition) is 3. The molecule has 5 nitrogen and oxygen atoms in total. The molecule has 0 spiro atoms. The Morgan fingerprint density at radius 3 is 2.17 bits per heavy atom. The molecule has 0 aromatic heterocycles. The van der Waals surface area contributed by atoms with Crippen molar-refractivity contribution in [2.75, 3.05) is 11.9 Å². The Kier molecular flexibility index (Phi) is 23.5. The van der Waals surface area contributed by atoms with Crippen LogP contribution in [0.25, 0.3) is 0 Å². The maximum absolute atomic E-state index is 16.2. The van der Waals surface area contributed by atoms with Crippen LogP contribution in [-0.4, -0.2) is 23.9 Å². The van der Waals surface area contributed by atoms with Crippen LogP contribution in [0.4, 0.5) is 10.1 Å². The number of nitrogens with one attached hydrogen (secondary N) is 3. The van der Waals surface area contributed by atoms with E-state index < -0.39 is 11.6 Å². The number of carbonyl (C=O) groups is 2. The maximum atomic E-state index is 16.2. The van der Waals surface area contributed by atoms with E-state index in [1.54, 1.807) is 12.2 Å². The summed E-state index contributed by atoms with van der Waals surface area (Å²) in [6, 6.07) is 7.90. The van der Waals surface area contributed by atoms with Gasteiger partial charge in [-0.2, -0.15) is 6.17 Å². The van der Waals surface area contributed by atoms with Gasteiger partial charge in [0.1, 0.15) is 5.78 Å². The quantitative estimate of drug-likeness (QED) is 0.0475. The molecule has 230 valence electrons. The molecule has 0 bridgehead atoms. The Labute approximate surface area is 298 Å². The summed E-state index contributed by atoms with van der Waals surface area (Å²) in [6.07, 6.45) is 10.7. The summed E-state index contributed by atoms with van der Waals surface area (Å²) in [5.41, 5.74) is 2.91. The standard InChI is InChI=1S/C32H49FN3O2.C3H6.K/c1-9-10-14-25(4)34-20-13-11-12-15-29(38)32(33,22-24(2)3)36-30(21-26(5)37)35-28-18-16-27(17-19-28)23-31(6,7)8;1-3-2;/h9-10,14,16-19,24,34-36H,1,4,11-13,15,20-23H2,2-3,5-8H3;3H,1H2,2H3;/q-1;;+1/b14-10-;;. The maximum Gasteiger partial charge on any atom is 1.00 e. The Morgan fingerprint density at radius 2 is 1.67 bits per heavy atom. The van der Waals surface area contributed by atoms with E-state index in [-0.39, 0.29) is 87.8 Å². The molecule has 0 saturated carbocycles. The minimum absolute atomic E-state index is 0. The normalized spacial score (nSPS) is 12.5. The second-order valence-corrected chi connectivity index (χ2v) is 12.1. The van der Waals surface area contributed by atoms with Crippen LogP contribution in [0.15, 0.2) is 74.0 Å². The average molecular weight is 608 g/mol. The molecule has 0 saturated heterocycles. The molecule has 1 unspecified atom stereocenters. The first-order valence-electron chi connectivity index (χ1n) is 14.7. The van der Waals surface area contributed by atoms with Crippen molar-refractivity contribution in [1.29, 1.82) is 0 Å². The first-order valence-corrected chi connectivity index (χ1v) is 14.7. The van der Waals surface area contributed by atoms with Crippen molar-refractivity contribution in [1.82, 2.24) is 10.6 Å². The minimum Gasteiger partial charge on any atom is -0.518 e. The Morgan fingerprint density at radius 1 is 1.07 bits per heavy atom. The Hall–Kier alpha value is -1.35. The molecule has 1 atom stereocenters. The molecular formula is C35H55FKN3O2. The molecule has 0 fully saturated rings. The number of unbranched alkanes of at least 4 members (excludes halogenated alkanes) is 2. The third-order valence-electron chi connectivity index (χ3n) is 5.76. The van der Waals surface area contributed by atoms with Crippen molar-refractivity contribution in [3.63, 3.8) is 0 Å². The van der Waals surface area contributed by atoms with Crippen LogP contribution in [0.3, 0.4) is 0 Å². The van der Waals surface area contributed by atoms with E-state index >= 15 is 4.39 Å². The number of ketones is 2. The van der Waals surface area contributed by atoms with Crippen LogP contribution < -0.4 is 67.3 Å². The van der Waals surface area contributed by atoms with E-state index in [0.717, 1.165) is 37.2 Å². The molecule has 1 aromatic carbocycles. The monoisotopic (exact) mass is 607 g/mol. The molecule has 0 heterocycles. The molecule has 3 N–H and O–H groups in total. The fraction of sp³-hybridized carbons (Fsp3) is 0.514. The van der Waals surface area contributed by atoms with Gasteiger partial charge in [0, 0.05) is 30.8 Å². The fourth-order valence-electron chi connectivity index (χ4n) is 4.17. The van der Waals surface area contributed by atoms with E-state index in [1.165, 1.54) is 12.5 Å². The van der Waals surface area contributed by atoms with Crippen molar-refractivity contribution in [2.45, 2.75) is 99.2 Å². The van der Waals surface area contributed by atoms with Gasteiger partial charge in [-0.3, -0.25) is 4.79 Å². The number of carbonyl (C=O) groups excluding carboxylic acids is 2. The molecule has 0 aliphatic heterocycles. The molecule has 0 radical (unpaired) electrons. The smallest absolute Gasteiger partial charge is 0.518 e. The van der Waals surface area contributed by atoms with Crippen LogP contribution >= 0.6 is 0 Å². The number of hydrogen-bond acceptors (Lipinski definition) is 5. The molecule has 42 heavy (non-hydrogen) atoms. The van der Waals surface area contributed by atoms with Crippen molar-refractivity contribution in [2.24, 2.45) is 11.3 Å². The van der Waals surface area contributed by atoms with Crippen LogP contribution in [0.1, 0.15) is 92.6 Å². The van der Waals surface area contributed by atoms with Gasteiger partial charge in [0.15, 0.2) is 11.6 Å². The van der Waals surface area contributed by atoms with Crippen molar-refractivity contribution >= 4 is 17.3 Å². The second kappa shape index (κ2) is 23.1. The zero-order valence-corrected chi connectivity index (χ0v) is 30.8. The van der Waals surface area contributed by atoms with Gasteiger partial charge in [0.25, 0.3) is 0 Å². The molecule has 7 heteroatoms. The number of alkyl halides is 1. The summed E-state index contributed by atoms with van der Waals surface area (Å²) in [4.78, 5) is 25.1. The van der Waals surface area contributed by atoms with Gasteiger partial charge in [-0.1, -0.05) is 91.0 Å². The second-order valence-electron chi connectivity index (χ2n) is 12.1. The van der Waals surface area contributed by atoms with Gasteiger partial charge < -0.3 is 20.7 Å². The molecule has 0 aliphatic carbocycles. The molecule has 1 aromatic rings. The van der Waals surface area contributed by atoms with Crippen molar-refractivity contribution < 1.29 is 65.4 Å². The summed E-state index contributed by atoms with van der Waals surface area (Å²) in [5, 5.41) is 9.17. The van der Waals surface area contributed by atoms with E-state index in [2.05, 4.69) is 56.5 Å². The molecular weight excluding hydrogens is 553 g/mol. The third kappa shape index (κ3) is 21.4. The fourth-order valence-corrected chi connectivity index (χ4v) is 4.17. The predicted molar refractivity (Wildman–Crippen MR) is 174 cm³/mol. The zero-order valence-electron chi connectivity index (χ0n) is 27.7. The molecule has 0 aliphatic rings. The molecule has 0 amide bonds. The van der Waals surface area contributed by atoms with E-state index in [4.69, 9.17) is 0 Å². The third-order valence-corrected chi connectivity index (χ3v) is 5.76. The first kappa shape index (κ1) is 42.8.